The van der Waals surface area contributed by atoms with Crippen LogP contribution in [0.4, 0.5) is 0 Å². The molecule has 1 saturated heterocycles. The van der Waals surface area contributed by atoms with Crippen LogP contribution in [0, 0.1) is 0 Å². The Morgan fingerprint density at radius 1 is 1.25 bits per heavy atom. The Morgan fingerprint density at radius 3 is 2.62 bits per heavy atom. The molecular formula is C12H22N2O2. The molecule has 0 spiro atoms. The number of Topliss-reactive ketones (excluding diaryl/α,β-unsaturated/α-hetero) is 1. The van der Waals surface area contributed by atoms with Gasteiger partial charge in [-0.3, -0.25) is 14.6 Å². The lowest BCUT2D eigenvalue weighted by atomic mass is 9.92. The van der Waals surface area contributed by atoms with Crippen molar-refractivity contribution in [2.24, 2.45) is 0 Å². The topological polar surface area (TPSA) is 43.8 Å². The van der Waals surface area contributed by atoms with Crippen LogP contribution in [0.5, 0.6) is 0 Å². The van der Waals surface area contributed by atoms with Gasteiger partial charge >= 0.3 is 0 Å². The normalized spacial score (nSPS) is 29.6. The highest BCUT2D eigenvalue weighted by atomic mass is 16.3. The summed E-state index contributed by atoms with van der Waals surface area (Å²) in [6.45, 7) is 5.21. The number of aliphatic hydroxyl groups is 1. The van der Waals surface area contributed by atoms with Crippen molar-refractivity contribution in [1.29, 1.82) is 0 Å². The van der Waals surface area contributed by atoms with Crippen LogP contribution in [0.2, 0.25) is 0 Å². The molecule has 0 amide bonds. The van der Waals surface area contributed by atoms with Gasteiger partial charge < -0.3 is 5.11 Å². The third kappa shape index (κ3) is 3.03. The summed E-state index contributed by atoms with van der Waals surface area (Å²) in [5.74, 6) is 0.439. The van der Waals surface area contributed by atoms with Crippen molar-refractivity contribution in [2.45, 2.75) is 31.7 Å². The molecule has 92 valence electrons. The molecule has 1 atom stereocenters. The molecule has 4 heteroatoms. The lowest BCUT2D eigenvalue weighted by Crippen LogP contribution is -2.51. The summed E-state index contributed by atoms with van der Waals surface area (Å²) in [4.78, 5) is 16.2. The lowest BCUT2D eigenvalue weighted by Gasteiger charge is -2.40. The molecule has 16 heavy (non-hydrogen) atoms. The first-order chi connectivity index (χ1) is 7.79. The number of hydrogen-bond acceptors (Lipinski definition) is 4. The van der Waals surface area contributed by atoms with Gasteiger partial charge in [-0.2, -0.15) is 0 Å². The number of carbonyl (C=O) groups is 1. The molecule has 0 aromatic rings. The molecular weight excluding hydrogens is 204 g/mol. The minimum atomic E-state index is 0.252. The number of hydrogen-bond donors (Lipinski definition) is 1. The van der Waals surface area contributed by atoms with Crippen LogP contribution in [0.3, 0.4) is 0 Å². The van der Waals surface area contributed by atoms with Gasteiger partial charge in [-0.15, -0.1) is 0 Å². The van der Waals surface area contributed by atoms with Crippen molar-refractivity contribution in [3.8, 4) is 0 Å². The Hall–Kier alpha value is -0.450. The zero-order chi connectivity index (χ0) is 11.4. The highest BCUT2D eigenvalue weighted by molar-refractivity contribution is 5.79. The van der Waals surface area contributed by atoms with Gasteiger partial charge in [-0.1, -0.05) is 0 Å². The predicted molar refractivity (Wildman–Crippen MR) is 62.4 cm³/mol. The van der Waals surface area contributed by atoms with Crippen molar-refractivity contribution in [2.75, 3.05) is 39.3 Å². The number of piperazine rings is 1. The Balaban J connectivity index is 1.77. The smallest absolute Gasteiger partial charge is 0.134 e. The van der Waals surface area contributed by atoms with Gasteiger partial charge in [0.15, 0.2) is 0 Å². The second-order valence-corrected chi connectivity index (χ2v) is 4.89. The van der Waals surface area contributed by atoms with Crippen molar-refractivity contribution < 1.29 is 9.90 Å². The van der Waals surface area contributed by atoms with Gasteiger partial charge in [0.2, 0.25) is 0 Å². The van der Waals surface area contributed by atoms with E-state index in [0.717, 1.165) is 52.0 Å². The maximum Gasteiger partial charge on any atom is 0.134 e. The second-order valence-electron chi connectivity index (χ2n) is 4.89. The molecule has 1 saturated carbocycles. The van der Waals surface area contributed by atoms with Crippen molar-refractivity contribution in [3.05, 3.63) is 0 Å². The van der Waals surface area contributed by atoms with Crippen LogP contribution in [-0.4, -0.2) is 66.1 Å². The zero-order valence-electron chi connectivity index (χ0n) is 9.90. The molecule has 2 fully saturated rings. The fourth-order valence-electron chi connectivity index (χ4n) is 2.81. The monoisotopic (exact) mass is 226 g/mol. The SMILES string of the molecule is O=C1CCCC(N2CCN(CCO)CC2)C1. The standard InChI is InChI=1S/C12H22N2O2/c15-9-8-13-4-6-14(7-5-13)11-2-1-3-12(16)10-11/h11,15H,1-10H2. The fourth-order valence-corrected chi connectivity index (χ4v) is 2.81. The number of rotatable bonds is 3. The van der Waals surface area contributed by atoms with Crippen LogP contribution in [-0.2, 0) is 4.79 Å². The van der Waals surface area contributed by atoms with E-state index in [1.54, 1.807) is 0 Å². The van der Waals surface area contributed by atoms with E-state index in [-0.39, 0.29) is 6.61 Å². The van der Waals surface area contributed by atoms with E-state index < -0.39 is 0 Å². The average Bonchev–Trinajstić information content (AvgIpc) is 2.30. The number of aliphatic hydroxyl groups excluding tert-OH is 1. The second kappa shape index (κ2) is 5.75. The zero-order valence-corrected chi connectivity index (χ0v) is 9.90. The van der Waals surface area contributed by atoms with Crippen LogP contribution >= 0.6 is 0 Å². The molecule has 1 unspecified atom stereocenters. The minimum absolute atomic E-state index is 0.252. The maximum absolute atomic E-state index is 11.4. The van der Waals surface area contributed by atoms with E-state index in [0.29, 0.717) is 11.8 Å². The molecule has 1 aliphatic carbocycles. The Morgan fingerprint density at radius 2 is 2.00 bits per heavy atom. The van der Waals surface area contributed by atoms with Crippen molar-refractivity contribution in [1.82, 2.24) is 9.80 Å². The first kappa shape index (κ1) is 12.0. The largest absolute Gasteiger partial charge is 0.395 e. The molecule has 0 bridgehead atoms. The van der Waals surface area contributed by atoms with Gasteiger partial charge in [0.05, 0.1) is 6.61 Å². The number of carbonyl (C=O) groups excluding carboxylic acids is 1. The van der Waals surface area contributed by atoms with E-state index in [9.17, 15) is 4.79 Å². The maximum atomic E-state index is 11.4. The third-order valence-electron chi connectivity index (χ3n) is 3.80. The summed E-state index contributed by atoms with van der Waals surface area (Å²) in [5, 5.41) is 8.87. The molecule has 1 aliphatic heterocycles. The van der Waals surface area contributed by atoms with Crippen LogP contribution in [0.15, 0.2) is 0 Å². The van der Waals surface area contributed by atoms with Crippen LogP contribution in [0.25, 0.3) is 0 Å². The number of ketones is 1. The molecule has 0 radical (unpaired) electrons. The summed E-state index contributed by atoms with van der Waals surface area (Å²) >= 11 is 0. The molecule has 2 aliphatic rings. The summed E-state index contributed by atoms with van der Waals surface area (Å²) in [6.07, 6.45) is 3.81. The first-order valence-electron chi connectivity index (χ1n) is 6.38. The minimum Gasteiger partial charge on any atom is -0.395 e. The van der Waals surface area contributed by atoms with Gasteiger partial charge in [-0.25, -0.2) is 0 Å². The first-order valence-corrected chi connectivity index (χ1v) is 6.38. The Kier molecular flexibility index (Phi) is 4.32. The van der Waals surface area contributed by atoms with Gasteiger partial charge in [0.1, 0.15) is 5.78 Å². The van der Waals surface area contributed by atoms with Gasteiger partial charge in [0, 0.05) is 51.6 Å². The van der Waals surface area contributed by atoms with Crippen LogP contribution in [0.1, 0.15) is 25.7 Å². The lowest BCUT2D eigenvalue weighted by molar-refractivity contribution is -0.122. The van der Waals surface area contributed by atoms with Crippen molar-refractivity contribution in [3.63, 3.8) is 0 Å². The Bertz CT molecular complexity index is 237. The number of β-amino-alcohol motifs (C(OH)–C–C–N with tert-alkyl or cyclic N) is 1. The summed E-state index contributed by atoms with van der Waals surface area (Å²) < 4.78 is 0. The highest BCUT2D eigenvalue weighted by Crippen LogP contribution is 2.21. The summed E-state index contributed by atoms with van der Waals surface area (Å²) in [7, 11) is 0. The third-order valence-corrected chi connectivity index (χ3v) is 3.80. The predicted octanol–water partition coefficient (Wildman–Crippen LogP) is 0.108. The highest BCUT2D eigenvalue weighted by Gasteiger charge is 2.27. The van der Waals surface area contributed by atoms with Gasteiger partial charge in [-0.05, 0) is 12.8 Å². The summed E-state index contributed by atoms with van der Waals surface area (Å²) in [5.41, 5.74) is 0. The van der Waals surface area contributed by atoms with Crippen LogP contribution < -0.4 is 0 Å². The fraction of sp³-hybridized carbons (Fsp3) is 0.917. The van der Waals surface area contributed by atoms with E-state index in [1.807, 2.05) is 0 Å². The quantitative estimate of drug-likeness (QED) is 0.742. The summed E-state index contributed by atoms with van der Waals surface area (Å²) in [6, 6.07) is 0.498. The van der Waals surface area contributed by atoms with E-state index in [2.05, 4.69) is 9.80 Å². The average molecular weight is 226 g/mol. The Labute approximate surface area is 97.2 Å². The van der Waals surface area contributed by atoms with Crippen molar-refractivity contribution >= 4 is 5.78 Å². The van der Waals surface area contributed by atoms with E-state index in [4.69, 9.17) is 5.11 Å². The van der Waals surface area contributed by atoms with E-state index >= 15 is 0 Å². The number of nitrogens with zero attached hydrogens (tertiary/aromatic N) is 2. The molecule has 0 aromatic carbocycles. The molecule has 2 rings (SSSR count). The molecule has 1 N–H and O–H groups in total. The molecule has 4 nitrogen and oxygen atoms in total. The molecule has 0 aromatic heterocycles. The van der Waals surface area contributed by atoms with Gasteiger partial charge in [0.25, 0.3) is 0 Å². The molecule has 1 heterocycles. The van der Waals surface area contributed by atoms with E-state index in [1.165, 1.54) is 6.42 Å².